The zero-order valence-corrected chi connectivity index (χ0v) is 15.1. The van der Waals surface area contributed by atoms with Crippen molar-refractivity contribution in [3.63, 3.8) is 0 Å². The highest BCUT2D eigenvalue weighted by molar-refractivity contribution is 7.13. The summed E-state index contributed by atoms with van der Waals surface area (Å²) < 4.78 is 5.66. The topological polar surface area (TPSA) is 54.5 Å². The summed E-state index contributed by atoms with van der Waals surface area (Å²) in [5.74, 6) is 0.863. The number of aromatic nitrogens is 1. The summed E-state index contributed by atoms with van der Waals surface area (Å²) in [6.45, 7) is 8.47. The second-order valence-corrected chi connectivity index (χ2v) is 7.14. The zero-order valence-electron chi connectivity index (χ0n) is 14.3. The normalized spacial score (nSPS) is 18.0. The predicted octanol–water partition coefficient (Wildman–Crippen LogP) is 3.03. The summed E-state index contributed by atoms with van der Waals surface area (Å²) in [7, 11) is 0. The minimum atomic E-state index is 0.0197. The molecule has 1 N–H and O–H groups in total. The van der Waals surface area contributed by atoms with Crippen molar-refractivity contribution in [2.45, 2.75) is 32.9 Å². The summed E-state index contributed by atoms with van der Waals surface area (Å²) >= 11 is 1.50. The molecule has 24 heavy (non-hydrogen) atoms. The van der Waals surface area contributed by atoms with Crippen molar-refractivity contribution in [3.05, 3.63) is 35.3 Å². The summed E-state index contributed by atoms with van der Waals surface area (Å²) in [5, 5.41) is 6.01. The first-order valence-corrected chi connectivity index (χ1v) is 9.17. The first kappa shape index (κ1) is 16.9. The molecular weight excluding hydrogens is 322 g/mol. The summed E-state index contributed by atoms with van der Waals surface area (Å²) in [4.78, 5) is 19.1. The molecule has 1 amide bonds. The van der Waals surface area contributed by atoms with Crippen molar-refractivity contribution in [3.8, 4) is 16.3 Å². The maximum Gasteiger partial charge on any atom is 0.273 e. The van der Waals surface area contributed by atoms with Gasteiger partial charge in [0.2, 0.25) is 0 Å². The molecule has 0 bridgehead atoms. The molecule has 1 aromatic heterocycles. The third kappa shape index (κ3) is 3.76. The van der Waals surface area contributed by atoms with E-state index >= 15 is 0 Å². The van der Waals surface area contributed by atoms with Gasteiger partial charge in [-0.05, 0) is 45.0 Å². The van der Waals surface area contributed by atoms with Crippen LogP contribution in [-0.4, -0.2) is 47.6 Å². The van der Waals surface area contributed by atoms with Crippen molar-refractivity contribution < 1.29 is 9.53 Å². The third-order valence-corrected chi connectivity index (χ3v) is 4.85. The largest absolute Gasteiger partial charge is 0.491 e. The average Bonchev–Trinajstić information content (AvgIpc) is 3.05. The molecule has 5 nitrogen and oxygen atoms in total. The van der Waals surface area contributed by atoms with E-state index < -0.39 is 0 Å². The molecule has 1 aromatic carbocycles. The van der Waals surface area contributed by atoms with E-state index in [1.807, 2.05) is 48.4 Å². The second-order valence-electron chi connectivity index (χ2n) is 6.28. The Morgan fingerprint density at radius 1 is 1.38 bits per heavy atom. The molecule has 1 aliphatic heterocycles. The standard InChI is InChI=1S/C18H23N3O2S/c1-12(2)23-15-6-4-14(5-7-15)17-20-16(11-24-17)18(22)21-9-8-19-10-13(21)3/h4-7,11-13,19H,8-10H2,1-3H3. The lowest BCUT2D eigenvalue weighted by Crippen LogP contribution is -2.52. The van der Waals surface area contributed by atoms with Crippen molar-refractivity contribution in [2.24, 2.45) is 0 Å². The lowest BCUT2D eigenvalue weighted by atomic mass is 10.2. The van der Waals surface area contributed by atoms with E-state index in [-0.39, 0.29) is 18.1 Å². The van der Waals surface area contributed by atoms with E-state index in [1.165, 1.54) is 11.3 Å². The van der Waals surface area contributed by atoms with Gasteiger partial charge in [0.1, 0.15) is 16.5 Å². The van der Waals surface area contributed by atoms with E-state index in [0.717, 1.165) is 36.0 Å². The number of hydrogen-bond donors (Lipinski definition) is 1. The monoisotopic (exact) mass is 345 g/mol. The molecule has 3 rings (SSSR count). The Morgan fingerprint density at radius 3 is 2.79 bits per heavy atom. The van der Waals surface area contributed by atoms with Gasteiger partial charge in [-0.2, -0.15) is 0 Å². The molecule has 128 valence electrons. The number of hydrogen-bond acceptors (Lipinski definition) is 5. The van der Waals surface area contributed by atoms with Gasteiger partial charge in [0.15, 0.2) is 0 Å². The van der Waals surface area contributed by atoms with Crippen LogP contribution in [0.3, 0.4) is 0 Å². The average molecular weight is 345 g/mol. The summed E-state index contributed by atoms with van der Waals surface area (Å²) in [6, 6.07) is 8.05. The Hall–Kier alpha value is -1.92. The van der Waals surface area contributed by atoms with E-state index in [2.05, 4.69) is 17.2 Å². The quantitative estimate of drug-likeness (QED) is 0.925. The molecule has 0 aliphatic carbocycles. The fourth-order valence-corrected chi connectivity index (χ4v) is 3.54. The smallest absolute Gasteiger partial charge is 0.273 e. The van der Waals surface area contributed by atoms with Crippen LogP contribution in [0.25, 0.3) is 10.6 Å². The molecule has 2 heterocycles. The predicted molar refractivity (Wildman–Crippen MR) is 96.7 cm³/mol. The third-order valence-electron chi connectivity index (χ3n) is 3.96. The second kappa shape index (κ2) is 7.32. The molecule has 2 aromatic rings. The Bertz CT molecular complexity index is 697. The number of nitrogens with one attached hydrogen (secondary N) is 1. The fourth-order valence-electron chi connectivity index (χ4n) is 2.74. The van der Waals surface area contributed by atoms with Gasteiger partial charge >= 0.3 is 0 Å². The Morgan fingerprint density at radius 2 is 2.12 bits per heavy atom. The minimum absolute atomic E-state index is 0.0197. The highest BCUT2D eigenvalue weighted by Crippen LogP contribution is 2.27. The van der Waals surface area contributed by atoms with Crippen LogP contribution in [0.4, 0.5) is 0 Å². The molecule has 0 radical (unpaired) electrons. The number of carbonyl (C=O) groups excluding carboxylic acids is 1. The van der Waals surface area contributed by atoms with E-state index in [9.17, 15) is 4.79 Å². The lowest BCUT2D eigenvalue weighted by Gasteiger charge is -2.33. The van der Waals surface area contributed by atoms with Crippen LogP contribution in [0.5, 0.6) is 5.75 Å². The Labute approximate surface area is 146 Å². The van der Waals surface area contributed by atoms with Crippen LogP contribution in [0.15, 0.2) is 29.6 Å². The molecule has 1 atom stereocenters. The van der Waals surface area contributed by atoms with Gasteiger partial charge in [-0.3, -0.25) is 4.79 Å². The van der Waals surface area contributed by atoms with Gasteiger partial charge in [0, 0.05) is 36.6 Å². The number of amides is 1. The summed E-state index contributed by atoms with van der Waals surface area (Å²) in [6.07, 6.45) is 0.154. The van der Waals surface area contributed by atoms with E-state index in [1.54, 1.807) is 0 Å². The summed E-state index contributed by atoms with van der Waals surface area (Å²) in [5.41, 5.74) is 1.54. The highest BCUT2D eigenvalue weighted by Gasteiger charge is 2.25. The van der Waals surface area contributed by atoms with Gasteiger partial charge in [-0.15, -0.1) is 11.3 Å². The van der Waals surface area contributed by atoms with Gasteiger partial charge in [-0.25, -0.2) is 4.98 Å². The number of thiazole rings is 1. The number of nitrogens with zero attached hydrogens (tertiary/aromatic N) is 2. The lowest BCUT2D eigenvalue weighted by molar-refractivity contribution is 0.0650. The zero-order chi connectivity index (χ0) is 17.1. The van der Waals surface area contributed by atoms with Crippen LogP contribution in [0.1, 0.15) is 31.3 Å². The van der Waals surface area contributed by atoms with Crippen LogP contribution in [0.2, 0.25) is 0 Å². The number of rotatable bonds is 4. The maximum absolute atomic E-state index is 12.7. The minimum Gasteiger partial charge on any atom is -0.491 e. The van der Waals surface area contributed by atoms with Crippen LogP contribution in [-0.2, 0) is 0 Å². The molecule has 1 saturated heterocycles. The number of carbonyl (C=O) groups is 1. The Kier molecular flexibility index (Phi) is 5.16. The van der Waals surface area contributed by atoms with Crippen LogP contribution < -0.4 is 10.1 Å². The first-order valence-electron chi connectivity index (χ1n) is 8.29. The van der Waals surface area contributed by atoms with Crippen molar-refractivity contribution >= 4 is 17.2 Å². The fraction of sp³-hybridized carbons (Fsp3) is 0.444. The molecule has 6 heteroatoms. The van der Waals surface area contributed by atoms with Crippen molar-refractivity contribution in [2.75, 3.05) is 19.6 Å². The highest BCUT2D eigenvalue weighted by atomic mass is 32.1. The SMILES string of the molecule is CC(C)Oc1ccc(-c2nc(C(=O)N3CCNCC3C)cs2)cc1. The van der Waals surface area contributed by atoms with Crippen molar-refractivity contribution in [1.82, 2.24) is 15.2 Å². The van der Waals surface area contributed by atoms with Gasteiger partial charge in [0.25, 0.3) is 5.91 Å². The maximum atomic E-state index is 12.7. The van der Waals surface area contributed by atoms with Gasteiger partial charge < -0.3 is 15.0 Å². The number of benzene rings is 1. The molecule has 1 unspecified atom stereocenters. The van der Waals surface area contributed by atoms with Gasteiger partial charge in [-0.1, -0.05) is 0 Å². The molecular formula is C18H23N3O2S. The Balaban J connectivity index is 1.74. The first-order chi connectivity index (χ1) is 11.5. The van der Waals surface area contributed by atoms with Gasteiger partial charge in [0.05, 0.1) is 6.10 Å². The molecule has 0 saturated carbocycles. The van der Waals surface area contributed by atoms with Crippen LogP contribution >= 0.6 is 11.3 Å². The van der Waals surface area contributed by atoms with E-state index in [4.69, 9.17) is 4.74 Å². The van der Waals surface area contributed by atoms with E-state index in [0.29, 0.717) is 5.69 Å². The van der Waals surface area contributed by atoms with Crippen molar-refractivity contribution in [1.29, 1.82) is 0 Å². The molecule has 1 aliphatic rings. The van der Waals surface area contributed by atoms with Crippen LogP contribution in [0, 0.1) is 0 Å². The molecule has 0 spiro atoms. The number of ether oxygens (including phenoxy) is 1. The number of piperazine rings is 1. The molecule has 1 fully saturated rings.